The Morgan fingerprint density at radius 2 is 2.18 bits per heavy atom. The molecule has 0 saturated heterocycles. The first-order valence-corrected chi connectivity index (χ1v) is 7.29. The molecule has 1 heterocycles. The van der Waals surface area contributed by atoms with Gasteiger partial charge in [-0.05, 0) is 18.9 Å². The fourth-order valence-electron chi connectivity index (χ4n) is 2.25. The van der Waals surface area contributed by atoms with Crippen LogP contribution in [-0.4, -0.2) is 16.0 Å². The molecule has 0 spiro atoms. The van der Waals surface area contributed by atoms with Gasteiger partial charge in [0.25, 0.3) is 0 Å². The summed E-state index contributed by atoms with van der Waals surface area (Å²) in [6.07, 6.45) is 9.44. The van der Waals surface area contributed by atoms with Gasteiger partial charge >= 0.3 is 0 Å². The number of aromatic nitrogens is 1. The van der Waals surface area contributed by atoms with E-state index in [9.17, 15) is 4.39 Å². The molecule has 94 valence electrons. The van der Waals surface area contributed by atoms with Crippen LogP contribution in [0.4, 0.5) is 4.39 Å². The fourth-order valence-corrected chi connectivity index (χ4v) is 3.57. The molecule has 1 atom stereocenters. The normalized spacial score (nSPS) is 19.2. The van der Waals surface area contributed by atoms with Gasteiger partial charge in [-0.1, -0.05) is 19.3 Å². The largest absolute Gasteiger partial charge is 0.323 e. The third-order valence-electron chi connectivity index (χ3n) is 3.27. The lowest BCUT2D eigenvalue weighted by Crippen LogP contribution is -2.18. The molecule has 4 heteroatoms. The second-order valence-corrected chi connectivity index (χ2v) is 5.93. The zero-order chi connectivity index (χ0) is 12.1. The van der Waals surface area contributed by atoms with Gasteiger partial charge in [-0.3, -0.25) is 4.98 Å². The number of hydrogen-bond acceptors (Lipinski definition) is 3. The number of halogens is 1. The Bertz CT molecular complexity index is 353. The molecule has 0 radical (unpaired) electrons. The van der Waals surface area contributed by atoms with Crippen LogP contribution in [0, 0.1) is 5.82 Å². The molecule has 1 fully saturated rings. The van der Waals surface area contributed by atoms with Gasteiger partial charge in [0.1, 0.15) is 5.82 Å². The van der Waals surface area contributed by atoms with Crippen LogP contribution in [-0.2, 0) is 0 Å². The summed E-state index contributed by atoms with van der Waals surface area (Å²) in [4.78, 5) is 3.74. The predicted octanol–water partition coefficient (Wildman–Crippen LogP) is 3.29. The van der Waals surface area contributed by atoms with Crippen LogP contribution >= 0.6 is 11.8 Å². The van der Waals surface area contributed by atoms with Crippen molar-refractivity contribution in [2.45, 2.75) is 43.4 Å². The molecule has 1 aromatic rings. The molecule has 1 saturated carbocycles. The molecule has 1 unspecified atom stereocenters. The first kappa shape index (κ1) is 12.8. The van der Waals surface area contributed by atoms with Crippen LogP contribution in [0.1, 0.15) is 43.7 Å². The lowest BCUT2D eigenvalue weighted by atomic mass is 10.0. The zero-order valence-electron chi connectivity index (χ0n) is 9.94. The third kappa shape index (κ3) is 3.68. The first-order valence-electron chi connectivity index (χ1n) is 6.24. The van der Waals surface area contributed by atoms with E-state index < -0.39 is 0 Å². The Hall–Kier alpha value is -0.610. The molecule has 0 aliphatic heterocycles. The summed E-state index contributed by atoms with van der Waals surface area (Å²) in [5.74, 6) is 0.509. The van der Waals surface area contributed by atoms with E-state index in [2.05, 4.69) is 4.98 Å². The summed E-state index contributed by atoms with van der Waals surface area (Å²) >= 11 is 1.90. The highest BCUT2D eigenvalue weighted by Crippen LogP contribution is 2.30. The van der Waals surface area contributed by atoms with E-state index >= 15 is 0 Å². The van der Waals surface area contributed by atoms with Crippen molar-refractivity contribution in [1.82, 2.24) is 4.98 Å². The van der Waals surface area contributed by atoms with Crippen molar-refractivity contribution in [2.24, 2.45) is 5.73 Å². The van der Waals surface area contributed by atoms with Crippen molar-refractivity contribution in [3.8, 4) is 0 Å². The zero-order valence-corrected chi connectivity index (χ0v) is 10.8. The standard InChI is InChI=1S/C13H19FN2S/c14-12-8-16-7-6-11(12)13(15)9-17-10-4-2-1-3-5-10/h6-8,10,13H,1-5,9,15H2. The second-order valence-electron chi connectivity index (χ2n) is 4.60. The van der Waals surface area contributed by atoms with Crippen LogP contribution in [0.3, 0.4) is 0 Å². The molecule has 0 amide bonds. The summed E-state index contributed by atoms with van der Waals surface area (Å²) < 4.78 is 13.5. The van der Waals surface area contributed by atoms with E-state index in [1.54, 1.807) is 12.3 Å². The van der Waals surface area contributed by atoms with E-state index in [4.69, 9.17) is 5.73 Å². The maximum absolute atomic E-state index is 13.5. The van der Waals surface area contributed by atoms with Crippen LogP contribution in [0.5, 0.6) is 0 Å². The molecule has 2 N–H and O–H groups in total. The number of hydrogen-bond donors (Lipinski definition) is 1. The van der Waals surface area contributed by atoms with Crippen molar-refractivity contribution in [3.63, 3.8) is 0 Å². The summed E-state index contributed by atoms with van der Waals surface area (Å²) in [6.45, 7) is 0. The minimum absolute atomic E-state index is 0.218. The van der Waals surface area contributed by atoms with Gasteiger partial charge < -0.3 is 5.73 Å². The Kier molecular flexibility index (Phi) is 4.80. The highest BCUT2D eigenvalue weighted by Gasteiger charge is 2.17. The van der Waals surface area contributed by atoms with Gasteiger partial charge in [-0.2, -0.15) is 11.8 Å². The second kappa shape index (κ2) is 6.36. The molecule has 1 aliphatic rings. The Balaban J connectivity index is 1.84. The lowest BCUT2D eigenvalue weighted by Gasteiger charge is -2.22. The van der Waals surface area contributed by atoms with Crippen LogP contribution in [0.25, 0.3) is 0 Å². The average molecular weight is 254 g/mol. The van der Waals surface area contributed by atoms with Gasteiger partial charge in [-0.25, -0.2) is 4.39 Å². The average Bonchev–Trinajstić information content (AvgIpc) is 2.38. The Morgan fingerprint density at radius 3 is 2.88 bits per heavy atom. The van der Waals surface area contributed by atoms with Crippen molar-refractivity contribution >= 4 is 11.8 Å². The highest BCUT2D eigenvalue weighted by atomic mass is 32.2. The van der Waals surface area contributed by atoms with Crippen LogP contribution in [0.2, 0.25) is 0 Å². The van der Waals surface area contributed by atoms with Crippen LogP contribution < -0.4 is 5.73 Å². The fraction of sp³-hybridized carbons (Fsp3) is 0.615. The SMILES string of the molecule is NC(CSC1CCCCC1)c1ccncc1F. The van der Waals surface area contributed by atoms with Gasteiger partial charge in [0.05, 0.1) is 6.20 Å². The van der Waals surface area contributed by atoms with E-state index in [0.717, 1.165) is 11.0 Å². The molecule has 1 aromatic heterocycles. The summed E-state index contributed by atoms with van der Waals surface area (Å²) in [6, 6.07) is 1.46. The van der Waals surface area contributed by atoms with E-state index in [1.165, 1.54) is 38.3 Å². The van der Waals surface area contributed by atoms with Crippen molar-refractivity contribution < 1.29 is 4.39 Å². The minimum atomic E-state index is -0.288. The minimum Gasteiger partial charge on any atom is -0.323 e. The smallest absolute Gasteiger partial charge is 0.146 e. The van der Waals surface area contributed by atoms with Gasteiger partial charge in [-0.15, -0.1) is 0 Å². The van der Waals surface area contributed by atoms with Gasteiger partial charge in [0, 0.05) is 28.8 Å². The van der Waals surface area contributed by atoms with E-state index in [0.29, 0.717) is 5.56 Å². The molecule has 2 rings (SSSR count). The Labute approximate surface area is 106 Å². The molecule has 2 nitrogen and oxygen atoms in total. The van der Waals surface area contributed by atoms with E-state index in [1.807, 2.05) is 11.8 Å². The van der Waals surface area contributed by atoms with Crippen molar-refractivity contribution in [1.29, 1.82) is 0 Å². The molecule has 17 heavy (non-hydrogen) atoms. The first-order chi connectivity index (χ1) is 8.27. The van der Waals surface area contributed by atoms with Gasteiger partial charge in [0.2, 0.25) is 0 Å². The number of thioether (sulfide) groups is 1. The topological polar surface area (TPSA) is 38.9 Å². The Morgan fingerprint density at radius 1 is 1.41 bits per heavy atom. The molecule has 0 aromatic carbocycles. The monoisotopic (exact) mass is 254 g/mol. The molecular formula is C13H19FN2S. The quantitative estimate of drug-likeness (QED) is 0.896. The number of pyridine rings is 1. The van der Waals surface area contributed by atoms with Gasteiger partial charge in [0.15, 0.2) is 0 Å². The molecule has 1 aliphatic carbocycles. The molecule has 0 bridgehead atoms. The number of nitrogens with zero attached hydrogens (tertiary/aromatic N) is 1. The summed E-state index contributed by atoms with van der Waals surface area (Å²) in [5, 5.41) is 0.722. The van der Waals surface area contributed by atoms with Crippen LogP contribution in [0.15, 0.2) is 18.5 Å². The lowest BCUT2D eigenvalue weighted by molar-refractivity contribution is 0.515. The predicted molar refractivity (Wildman–Crippen MR) is 70.5 cm³/mol. The third-order valence-corrected chi connectivity index (χ3v) is 4.76. The number of nitrogens with two attached hydrogens (primary N) is 1. The summed E-state index contributed by atoms with van der Waals surface area (Å²) in [7, 11) is 0. The van der Waals surface area contributed by atoms with E-state index in [-0.39, 0.29) is 11.9 Å². The van der Waals surface area contributed by atoms with Crippen molar-refractivity contribution in [3.05, 3.63) is 29.8 Å². The number of rotatable bonds is 4. The maximum atomic E-state index is 13.5. The highest BCUT2D eigenvalue weighted by molar-refractivity contribution is 7.99. The summed E-state index contributed by atoms with van der Waals surface area (Å²) in [5.41, 5.74) is 6.61. The molecular weight excluding hydrogens is 235 g/mol. The maximum Gasteiger partial charge on any atom is 0.146 e. The van der Waals surface area contributed by atoms with Crippen molar-refractivity contribution in [2.75, 3.05) is 5.75 Å².